The number of anilines is 1. The van der Waals surface area contributed by atoms with E-state index in [2.05, 4.69) is 10.3 Å². The number of imide groups is 1. The Bertz CT molecular complexity index is 1320. The van der Waals surface area contributed by atoms with Gasteiger partial charge in [0.1, 0.15) is 0 Å². The van der Waals surface area contributed by atoms with Gasteiger partial charge in [0.15, 0.2) is 5.54 Å². The van der Waals surface area contributed by atoms with Crippen LogP contribution in [0.3, 0.4) is 0 Å². The van der Waals surface area contributed by atoms with Gasteiger partial charge in [0, 0.05) is 23.5 Å². The Kier molecular flexibility index (Phi) is 4.76. The van der Waals surface area contributed by atoms with Crippen LogP contribution < -0.4 is 10.2 Å². The fraction of sp³-hybridized carbons (Fsp3) is 0.370. The molecule has 1 aromatic heterocycles. The van der Waals surface area contributed by atoms with Crippen LogP contribution in [0.1, 0.15) is 60.6 Å². The number of para-hydroxylation sites is 2. The highest BCUT2D eigenvalue weighted by molar-refractivity contribution is 6.25. The Balaban J connectivity index is 1.39. The number of rotatable bonds is 3. The lowest BCUT2D eigenvalue weighted by molar-refractivity contribution is -0.125. The monoisotopic (exact) mass is 456 g/mol. The maximum atomic E-state index is 14.0. The molecule has 3 heterocycles. The van der Waals surface area contributed by atoms with Gasteiger partial charge in [-0.25, -0.2) is 9.69 Å². The molecule has 2 N–H and O–H groups in total. The largest absolute Gasteiger partial charge is 0.356 e. The Morgan fingerprint density at radius 2 is 1.76 bits per heavy atom. The van der Waals surface area contributed by atoms with Crippen molar-refractivity contribution in [2.45, 2.75) is 57.0 Å². The van der Waals surface area contributed by atoms with Gasteiger partial charge in [-0.05, 0) is 49.9 Å². The molecule has 0 bridgehead atoms. The van der Waals surface area contributed by atoms with Gasteiger partial charge >= 0.3 is 6.03 Å². The van der Waals surface area contributed by atoms with E-state index in [9.17, 15) is 14.4 Å². The van der Waals surface area contributed by atoms with Crippen molar-refractivity contribution in [3.63, 3.8) is 0 Å². The summed E-state index contributed by atoms with van der Waals surface area (Å²) in [5.41, 5.74) is 2.37. The van der Waals surface area contributed by atoms with Crippen molar-refractivity contribution in [3.05, 3.63) is 65.4 Å². The van der Waals surface area contributed by atoms with E-state index in [0.717, 1.165) is 47.8 Å². The lowest BCUT2D eigenvalue weighted by atomic mass is 9.87. The van der Waals surface area contributed by atoms with Crippen LogP contribution in [0.4, 0.5) is 10.5 Å². The molecule has 174 valence electrons. The van der Waals surface area contributed by atoms with E-state index in [1.54, 1.807) is 29.2 Å². The molecule has 2 aliphatic heterocycles. The second-order valence-electron chi connectivity index (χ2n) is 9.75. The molecule has 1 atom stereocenters. The van der Waals surface area contributed by atoms with Crippen molar-refractivity contribution in [1.82, 2.24) is 15.2 Å². The molecule has 7 heteroatoms. The highest BCUT2D eigenvalue weighted by atomic mass is 16.2. The Morgan fingerprint density at radius 3 is 2.59 bits per heavy atom. The summed E-state index contributed by atoms with van der Waals surface area (Å²) in [6.07, 6.45) is 6.01. The van der Waals surface area contributed by atoms with Gasteiger partial charge in [0.2, 0.25) is 0 Å². The quantitative estimate of drug-likeness (QED) is 0.570. The number of aromatic nitrogens is 1. The summed E-state index contributed by atoms with van der Waals surface area (Å²) in [5, 5.41) is 4.21. The normalized spacial score (nSPS) is 22.7. The van der Waals surface area contributed by atoms with Crippen LogP contribution in [0.25, 0.3) is 10.9 Å². The summed E-state index contributed by atoms with van der Waals surface area (Å²) >= 11 is 0. The van der Waals surface area contributed by atoms with Crippen LogP contribution in [0.2, 0.25) is 0 Å². The predicted molar refractivity (Wildman–Crippen MR) is 130 cm³/mol. The van der Waals surface area contributed by atoms with Crippen LogP contribution in [0, 0.1) is 0 Å². The predicted octanol–water partition coefficient (Wildman–Crippen LogP) is 4.47. The number of amides is 4. The van der Waals surface area contributed by atoms with Crippen molar-refractivity contribution < 1.29 is 14.4 Å². The summed E-state index contributed by atoms with van der Waals surface area (Å²) < 4.78 is 0. The summed E-state index contributed by atoms with van der Waals surface area (Å²) in [4.78, 5) is 47.1. The Hall–Kier alpha value is -3.61. The minimum atomic E-state index is -1.14. The maximum absolute atomic E-state index is 14.0. The number of H-pyrrole nitrogens is 1. The number of hydrogen-bond donors (Lipinski definition) is 2. The van der Waals surface area contributed by atoms with Gasteiger partial charge in [0.25, 0.3) is 11.8 Å². The van der Waals surface area contributed by atoms with Crippen molar-refractivity contribution in [1.29, 1.82) is 0 Å². The van der Waals surface area contributed by atoms with E-state index in [-0.39, 0.29) is 23.9 Å². The van der Waals surface area contributed by atoms with Crippen molar-refractivity contribution in [3.8, 4) is 0 Å². The molecular formula is C27H28N4O3. The fourth-order valence-electron chi connectivity index (χ4n) is 5.98. The first-order valence-corrected chi connectivity index (χ1v) is 12.2. The summed E-state index contributed by atoms with van der Waals surface area (Å²) in [6, 6.07) is 14.7. The van der Waals surface area contributed by atoms with Crippen molar-refractivity contribution in [2.24, 2.45) is 0 Å². The van der Waals surface area contributed by atoms with Gasteiger partial charge in [-0.1, -0.05) is 49.6 Å². The number of nitrogens with zero attached hydrogens (tertiary/aromatic N) is 2. The first-order valence-electron chi connectivity index (χ1n) is 12.2. The summed E-state index contributed by atoms with van der Waals surface area (Å²) in [7, 11) is 0. The van der Waals surface area contributed by atoms with Crippen LogP contribution in [-0.4, -0.2) is 40.3 Å². The molecule has 2 aromatic carbocycles. The fourth-order valence-corrected chi connectivity index (χ4v) is 5.98. The minimum Gasteiger partial charge on any atom is -0.356 e. The molecule has 0 radical (unpaired) electrons. The SMILES string of the molecule is C[C@]12C(=O)N(c3ccccc3C(=O)NC3CCCCC3)C(=O)N1CCc1c2[nH]c2ccccc12. The van der Waals surface area contributed by atoms with E-state index in [4.69, 9.17) is 0 Å². The number of aromatic amines is 1. The molecule has 0 unspecified atom stereocenters. The molecule has 7 nitrogen and oxygen atoms in total. The highest BCUT2D eigenvalue weighted by Crippen LogP contribution is 2.45. The zero-order chi connectivity index (χ0) is 23.4. The van der Waals surface area contributed by atoms with E-state index < -0.39 is 5.54 Å². The number of benzene rings is 2. The Morgan fingerprint density at radius 1 is 1.03 bits per heavy atom. The van der Waals surface area contributed by atoms with E-state index >= 15 is 0 Å². The number of hydrogen-bond acceptors (Lipinski definition) is 3. The smallest absolute Gasteiger partial charge is 0.332 e. The molecular weight excluding hydrogens is 428 g/mol. The van der Waals surface area contributed by atoms with Crippen LogP contribution in [-0.2, 0) is 16.8 Å². The molecule has 3 aliphatic rings. The zero-order valence-electron chi connectivity index (χ0n) is 19.3. The Labute approximate surface area is 198 Å². The lowest BCUT2D eigenvalue weighted by Gasteiger charge is -2.35. The maximum Gasteiger partial charge on any atom is 0.332 e. The average Bonchev–Trinajstić information content (AvgIpc) is 3.33. The van der Waals surface area contributed by atoms with Crippen LogP contribution in [0.5, 0.6) is 0 Å². The third kappa shape index (κ3) is 2.92. The number of carbonyl (C=O) groups is 3. The van der Waals surface area contributed by atoms with Crippen LogP contribution >= 0.6 is 0 Å². The molecule has 2 fully saturated rings. The van der Waals surface area contributed by atoms with Gasteiger partial charge in [-0.2, -0.15) is 0 Å². The first kappa shape index (κ1) is 21.0. The zero-order valence-corrected chi connectivity index (χ0v) is 19.3. The number of fused-ring (bicyclic) bond motifs is 5. The molecule has 4 amide bonds. The van der Waals surface area contributed by atoms with Gasteiger partial charge in [-0.3, -0.25) is 9.59 Å². The molecule has 1 saturated carbocycles. The molecule has 1 saturated heterocycles. The molecule has 6 rings (SSSR count). The third-order valence-corrected chi connectivity index (χ3v) is 7.80. The highest BCUT2D eigenvalue weighted by Gasteiger charge is 2.59. The summed E-state index contributed by atoms with van der Waals surface area (Å²) in [5.74, 6) is -0.563. The van der Waals surface area contributed by atoms with E-state index in [0.29, 0.717) is 24.2 Å². The molecule has 0 spiro atoms. The topological polar surface area (TPSA) is 85.5 Å². The molecule has 1 aliphatic carbocycles. The summed E-state index contributed by atoms with van der Waals surface area (Å²) in [6.45, 7) is 2.26. The van der Waals surface area contributed by atoms with Crippen molar-refractivity contribution >= 4 is 34.4 Å². The molecule has 3 aromatic rings. The minimum absolute atomic E-state index is 0.136. The van der Waals surface area contributed by atoms with Gasteiger partial charge < -0.3 is 15.2 Å². The van der Waals surface area contributed by atoms with Crippen LogP contribution in [0.15, 0.2) is 48.5 Å². The third-order valence-electron chi connectivity index (χ3n) is 7.80. The second-order valence-corrected chi connectivity index (χ2v) is 9.75. The van der Waals surface area contributed by atoms with Crippen molar-refractivity contribution in [2.75, 3.05) is 11.4 Å². The number of urea groups is 1. The second kappa shape index (κ2) is 7.72. The molecule has 34 heavy (non-hydrogen) atoms. The number of nitrogens with one attached hydrogen (secondary N) is 2. The standard InChI is InChI=1S/C27H28N4O3/c1-27-23-19(18-11-5-7-13-21(18)29-23)15-16-30(27)26(34)31(25(27)33)22-14-8-6-12-20(22)24(32)28-17-9-3-2-4-10-17/h5-8,11-14,17,29H,2-4,9-10,15-16H2,1H3,(H,28,32)/t27-/m0/s1. The van der Waals surface area contributed by atoms with E-state index in [1.165, 1.54) is 11.3 Å². The first-order chi connectivity index (χ1) is 16.5. The lowest BCUT2D eigenvalue weighted by Crippen LogP contribution is -2.49. The van der Waals surface area contributed by atoms with Gasteiger partial charge in [0.05, 0.1) is 16.9 Å². The number of carbonyl (C=O) groups excluding carboxylic acids is 3. The average molecular weight is 457 g/mol. The van der Waals surface area contributed by atoms with Gasteiger partial charge in [-0.15, -0.1) is 0 Å². The van der Waals surface area contributed by atoms with E-state index in [1.807, 2.05) is 31.2 Å².